The van der Waals surface area contributed by atoms with E-state index in [1.165, 1.54) is 77.9 Å². The van der Waals surface area contributed by atoms with E-state index >= 15 is 0 Å². The Bertz CT molecular complexity index is 3540. The van der Waals surface area contributed by atoms with Crippen molar-refractivity contribution in [2.24, 2.45) is 0 Å². The lowest BCUT2D eigenvalue weighted by Crippen LogP contribution is -2.28. The Kier molecular flexibility index (Phi) is 7.85. The maximum absolute atomic E-state index is 6.93. The van der Waals surface area contributed by atoms with Crippen LogP contribution in [0, 0.1) is 0 Å². The molecule has 2 nitrogen and oxygen atoms in total. The van der Waals surface area contributed by atoms with Gasteiger partial charge in [-0.05, 0) is 103 Å². The molecule has 0 saturated carbocycles. The van der Waals surface area contributed by atoms with Crippen LogP contribution in [0.1, 0.15) is 22.3 Å². The highest BCUT2D eigenvalue weighted by Crippen LogP contribution is 2.60. The van der Waals surface area contributed by atoms with Gasteiger partial charge in [0.15, 0.2) is 5.58 Å². The van der Waals surface area contributed by atoms with Gasteiger partial charge < -0.3 is 9.32 Å². The molecule has 2 aliphatic rings. The number of anilines is 3. The van der Waals surface area contributed by atoms with Crippen molar-refractivity contribution < 1.29 is 4.42 Å². The molecule has 0 spiro atoms. The van der Waals surface area contributed by atoms with Gasteiger partial charge in [-0.25, -0.2) is 0 Å². The van der Waals surface area contributed by atoms with Crippen LogP contribution in [0.4, 0.5) is 17.1 Å². The summed E-state index contributed by atoms with van der Waals surface area (Å²) in [6, 6.07) is 86.7. The lowest BCUT2D eigenvalue weighted by atomic mass is 9.68. The smallest absolute Gasteiger partial charge is 0.159 e. The van der Waals surface area contributed by atoms with Crippen LogP contribution in [-0.4, -0.2) is 0 Å². The lowest BCUT2D eigenvalue weighted by molar-refractivity contribution is 0.669. The molecule has 10 aromatic carbocycles. The molecule has 294 valence electrons. The Balaban J connectivity index is 1.15. The SMILES string of the molecule is c1ccc(C2(c3ccccc3)c3ccccc3-c3c(N(c4ccc5c(c4)-c4ccccc4-c4ccccc4-c4ccccc4-5)c4cccc5c4oc4ccccc45)cccc32)cc1. The fourth-order valence-corrected chi connectivity index (χ4v) is 11.0. The predicted octanol–water partition coefficient (Wildman–Crippen LogP) is 16.4. The predicted molar refractivity (Wildman–Crippen MR) is 261 cm³/mol. The number of fused-ring (bicyclic) bond motifs is 14. The zero-order valence-corrected chi connectivity index (χ0v) is 34.4. The Morgan fingerprint density at radius 1 is 0.317 bits per heavy atom. The van der Waals surface area contributed by atoms with Gasteiger partial charge in [-0.15, -0.1) is 0 Å². The summed E-state index contributed by atoms with van der Waals surface area (Å²) in [5.74, 6) is 0. The highest BCUT2D eigenvalue weighted by Gasteiger charge is 2.47. The molecule has 0 amide bonds. The highest BCUT2D eigenvalue weighted by atomic mass is 16.3. The number of hydrogen-bond acceptors (Lipinski definition) is 2. The molecule has 13 rings (SSSR count). The molecule has 0 bridgehead atoms. The maximum Gasteiger partial charge on any atom is 0.159 e. The van der Waals surface area contributed by atoms with Gasteiger partial charge in [-0.3, -0.25) is 0 Å². The quantitative estimate of drug-likeness (QED) is 0.172. The van der Waals surface area contributed by atoms with E-state index in [0.717, 1.165) is 39.0 Å². The van der Waals surface area contributed by atoms with E-state index in [1.54, 1.807) is 0 Å². The minimum absolute atomic E-state index is 0.552. The number of para-hydroxylation sites is 2. The van der Waals surface area contributed by atoms with Crippen LogP contribution in [-0.2, 0) is 5.41 Å². The topological polar surface area (TPSA) is 16.4 Å². The molecule has 0 atom stereocenters. The van der Waals surface area contributed by atoms with Crippen LogP contribution in [0.3, 0.4) is 0 Å². The van der Waals surface area contributed by atoms with Gasteiger partial charge in [0, 0.05) is 22.0 Å². The number of benzene rings is 10. The fourth-order valence-electron chi connectivity index (χ4n) is 11.0. The number of hydrogen-bond donors (Lipinski definition) is 0. The lowest BCUT2D eigenvalue weighted by Gasteiger charge is -2.34. The van der Waals surface area contributed by atoms with Crippen LogP contribution in [0.2, 0.25) is 0 Å². The molecule has 63 heavy (non-hydrogen) atoms. The number of rotatable bonds is 5. The third-order valence-electron chi connectivity index (χ3n) is 13.5. The molecule has 0 saturated heterocycles. The summed E-state index contributed by atoms with van der Waals surface area (Å²) >= 11 is 0. The van der Waals surface area contributed by atoms with Crippen LogP contribution in [0.15, 0.2) is 241 Å². The summed E-state index contributed by atoms with van der Waals surface area (Å²) in [7, 11) is 0. The summed E-state index contributed by atoms with van der Waals surface area (Å²) in [6.45, 7) is 0. The largest absolute Gasteiger partial charge is 0.454 e. The minimum atomic E-state index is -0.552. The van der Waals surface area contributed by atoms with Crippen molar-refractivity contribution in [3.63, 3.8) is 0 Å². The molecule has 1 aromatic heterocycles. The second-order valence-electron chi connectivity index (χ2n) is 16.7. The summed E-state index contributed by atoms with van der Waals surface area (Å²) in [5.41, 5.74) is 21.5. The number of furan rings is 1. The van der Waals surface area contributed by atoms with Crippen molar-refractivity contribution in [3.8, 4) is 55.6 Å². The Labute approximate surface area is 366 Å². The van der Waals surface area contributed by atoms with Gasteiger partial charge in [0.25, 0.3) is 0 Å². The Morgan fingerprint density at radius 2 is 0.778 bits per heavy atom. The zero-order valence-electron chi connectivity index (χ0n) is 34.4. The molecule has 1 heterocycles. The molecule has 2 heteroatoms. The first-order valence-electron chi connectivity index (χ1n) is 21.8. The molecule has 2 aliphatic carbocycles. The molecule has 0 aliphatic heterocycles. The number of nitrogens with zero attached hydrogens (tertiary/aromatic N) is 1. The molecule has 0 unspecified atom stereocenters. The summed E-state index contributed by atoms with van der Waals surface area (Å²) in [5, 5.41) is 2.19. The fraction of sp³-hybridized carbons (Fsp3) is 0.0164. The first-order valence-corrected chi connectivity index (χ1v) is 21.8. The Hall–Kier alpha value is -8.20. The highest BCUT2D eigenvalue weighted by molar-refractivity contribution is 6.12. The van der Waals surface area contributed by atoms with Crippen molar-refractivity contribution in [1.29, 1.82) is 0 Å². The van der Waals surface area contributed by atoms with Crippen LogP contribution < -0.4 is 4.90 Å². The van der Waals surface area contributed by atoms with Gasteiger partial charge >= 0.3 is 0 Å². The van der Waals surface area contributed by atoms with Crippen LogP contribution in [0.25, 0.3) is 77.6 Å². The van der Waals surface area contributed by atoms with E-state index in [1.807, 2.05) is 0 Å². The van der Waals surface area contributed by atoms with Crippen molar-refractivity contribution >= 4 is 39.0 Å². The van der Waals surface area contributed by atoms with Crippen molar-refractivity contribution in [3.05, 3.63) is 259 Å². The van der Waals surface area contributed by atoms with E-state index in [4.69, 9.17) is 4.42 Å². The maximum atomic E-state index is 6.93. The van der Waals surface area contributed by atoms with Crippen molar-refractivity contribution in [2.45, 2.75) is 5.41 Å². The molecule has 0 fully saturated rings. The van der Waals surface area contributed by atoms with Gasteiger partial charge in [0.2, 0.25) is 0 Å². The third kappa shape index (κ3) is 5.13. The summed E-state index contributed by atoms with van der Waals surface area (Å²) < 4.78 is 6.93. The molecular weight excluding hydrogens is 763 g/mol. The van der Waals surface area contributed by atoms with Gasteiger partial charge in [0.05, 0.1) is 16.8 Å². The van der Waals surface area contributed by atoms with E-state index < -0.39 is 5.41 Å². The van der Waals surface area contributed by atoms with Crippen molar-refractivity contribution in [1.82, 2.24) is 0 Å². The molecule has 0 N–H and O–H groups in total. The van der Waals surface area contributed by atoms with E-state index in [0.29, 0.717) is 0 Å². The average molecular weight is 802 g/mol. The summed E-state index contributed by atoms with van der Waals surface area (Å²) in [4.78, 5) is 2.47. The second kappa shape index (κ2) is 13.9. The first kappa shape index (κ1) is 35.5. The molecular formula is C61H39NO. The zero-order chi connectivity index (χ0) is 41.5. The van der Waals surface area contributed by atoms with E-state index in [-0.39, 0.29) is 0 Å². The van der Waals surface area contributed by atoms with Crippen LogP contribution in [0.5, 0.6) is 0 Å². The van der Waals surface area contributed by atoms with E-state index in [9.17, 15) is 0 Å². The first-order chi connectivity index (χ1) is 31.3. The third-order valence-corrected chi connectivity index (χ3v) is 13.5. The van der Waals surface area contributed by atoms with Crippen LogP contribution >= 0.6 is 0 Å². The monoisotopic (exact) mass is 801 g/mol. The second-order valence-corrected chi connectivity index (χ2v) is 16.7. The van der Waals surface area contributed by atoms with Gasteiger partial charge in [-0.1, -0.05) is 206 Å². The normalized spacial score (nSPS) is 12.9. The molecule has 11 aromatic rings. The standard InChI is InChI=1S/C61H39NO/c1-3-19-40(20-4-1)61(41-21-5-2-6-22-41)54-32-15-13-30-52(54)59-55(61)33-18-34-56(59)62(57-35-17-31-51-50-29-14-16-36-58(50)63-60(51)57)42-37-38-49-47-27-10-9-25-45(47)43-23-7-8-24-44(43)46-26-11-12-28-48(46)53(49)39-42/h1-39H. The molecule has 0 radical (unpaired) electrons. The minimum Gasteiger partial charge on any atom is -0.454 e. The summed E-state index contributed by atoms with van der Waals surface area (Å²) in [6.07, 6.45) is 0. The average Bonchev–Trinajstić information content (AvgIpc) is 3.89. The van der Waals surface area contributed by atoms with E-state index in [2.05, 4.69) is 241 Å². The van der Waals surface area contributed by atoms with Gasteiger partial charge in [0.1, 0.15) is 5.58 Å². The van der Waals surface area contributed by atoms with Gasteiger partial charge in [-0.2, -0.15) is 0 Å². The Morgan fingerprint density at radius 3 is 1.41 bits per heavy atom. The van der Waals surface area contributed by atoms with Crippen molar-refractivity contribution in [2.75, 3.05) is 4.90 Å².